The summed E-state index contributed by atoms with van der Waals surface area (Å²) in [7, 11) is 0. The second kappa shape index (κ2) is 3.37. The van der Waals surface area contributed by atoms with E-state index in [-0.39, 0.29) is 12.1 Å². The lowest BCUT2D eigenvalue weighted by molar-refractivity contribution is 0.478. The highest BCUT2D eigenvalue weighted by atomic mass is 14.8. The minimum atomic E-state index is 0.0265. The van der Waals surface area contributed by atoms with Gasteiger partial charge in [0.05, 0.1) is 0 Å². The quantitative estimate of drug-likeness (QED) is 0.652. The summed E-state index contributed by atoms with van der Waals surface area (Å²) < 4.78 is 0. The molecule has 1 aromatic rings. The average molecular weight is 190 g/mol. The molecule has 2 nitrogen and oxygen atoms in total. The van der Waals surface area contributed by atoms with Gasteiger partial charge in [-0.05, 0) is 48.9 Å². The second-order valence-corrected chi connectivity index (χ2v) is 4.32. The van der Waals surface area contributed by atoms with E-state index in [4.69, 9.17) is 11.5 Å². The summed E-state index contributed by atoms with van der Waals surface area (Å²) in [5.74, 6) is 0. The summed E-state index contributed by atoms with van der Waals surface area (Å²) in [4.78, 5) is 0. The molecule has 4 N–H and O–H groups in total. The zero-order valence-corrected chi connectivity index (χ0v) is 8.88. The molecule has 1 aliphatic rings. The molecule has 0 saturated carbocycles. The Balaban J connectivity index is 2.58. The molecule has 0 spiro atoms. The molecule has 0 unspecified atom stereocenters. The molecule has 0 heterocycles. The SMILES string of the molecule is Cc1ccc(C)c2c1CC[C@H](N)[C@H]2N. The Bertz CT molecular complexity index is 358. The van der Waals surface area contributed by atoms with Gasteiger partial charge in [-0.3, -0.25) is 0 Å². The van der Waals surface area contributed by atoms with Crippen molar-refractivity contribution in [1.29, 1.82) is 0 Å². The van der Waals surface area contributed by atoms with Gasteiger partial charge in [-0.1, -0.05) is 12.1 Å². The maximum atomic E-state index is 6.13. The van der Waals surface area contributed by atoms with Crippen LogP contribution in [0.3, 0.4) is 0 Å². The molecule has 14 heavy (non-hydrogen) atoms. The summed E-state index contributed by atoms with van der Waals surface area (Å²) in [6.45, 7) is 4.28. The number of fused-ring (bicyclic) bond motifs is 1. The summed E-state index contributed by atoms with van der Waals surface area (Å²) in [5, 5.41) is 0. The number of nitrogens with two attached hydrogens (primary N) is 2. The van der Waals surface area contributed by atoms with E-state index in [9.17, 15) is 0 Å². The predicted molar refractivity (Wildman–Crippen MR) is 59.1 cm³/mol. The van der Waals surface area contributed by atoms with Crippen molar-refractivity contribution < 1.29 is 0 Å². The van der Waals surface area contributed by atoms with E-state index in [1.807, 2.05) is 0 Å². The first kappa shape index (κ1) is 9.69. The Labute approximate surface area is 85.3 Å². The standard InChI is InChI=1S/C12H18N2/c1-7-3-4-8(2)11-9(7)5-6-10(13)12(11)14/h3-4,10,12H,5-6,13-14H2,1-2H3/t10-,12+/m0/s1. The van der Waals surface area contributed by atoms with Gasteiger partial charge in [0.25, 0.3) is 0 Å². The zero-order valence-electron chi connectivity index (χ0n) is 8.88. The number of rotatable bonds is 0. The van der Waals surface area contributed by atoms with Gasteiger partial charge in [-0.2, -0.15) is 0 Å². The van der Waals surface area contributed by atoms with Gasteiger partial charge in [0.15, 0.2) is 0 Å². The second-order valence-electron chi connectivity index (χ2n) is 4.32. The van der Waals surface area contributed by atoms with Crippen LogP contribution >= 0.6 is 0 Å². The van der Waals surface area contributed by atoms with E-state index < -0.39 is 0 Å². The molecule has 0 radical (unpaired) electrons. The van der Waals surface area contributed by atoms with Crippen LogP contribution in [0.4, 0.5) is 0 Å². The first-order chi connectivity index (χ1) is 6.61. The van der Waals surface area contributed by atoms with Crippen LogP contribution < -0.4 is 11.5 Å². The van der Waals surface area contributed by atoms with Crippen LogP contribution in [0.25, 0.3) is 0 Å². The highest BCUT2D eigenvalue weighted by Gasteiger charge is 2.25. The number of hydrogen-bond donors (Lipinski definition) is 2. The maximum Gasteiger partial charge on any atom is 0.0454 e. The Hall–Kier alpha value is -0.860. The van der Waals surface area contributed by atoms with Gasteiger partial charge in [0.2, 0.25) is 0 Å². The molecule has 2 heteroatoms. The molecular weight excluding hydrogens is 172 g/mol. The molecule has 0 amide bonds. The molecule has 0 bridgehead atoms. The Morgan fingerprint density at radius 1 is 1.14 bits per heavy atom. The van der Waals surface area contributed by atoms with Crippen LogP contribution in [0.2, 0.25) is 0 Å². The van der Waals surface area contributed by atoms with Gasteiger partial charge in [0, 0.05) is 12.1 Å². The summed E-state index contributed by atoms with van der Waals surface area (Å²) in [6.07, 6.45) is 2.09. The van der Waals surface area contributed by atoms with E-state index in [1.165, 1.54) is 22.3 Å². The van der Waals surface area contributed by atoms with E-state index in [1.54, 1.807) is 0 Å². The molecular formula is C12H18N2. The molecule has 0 saturated heterocycles. The van der Waals surface area contributed by atoms with Gasteiger partial charge >= 0.3 is 0 Å². The van der Waals surface area contributed by atoms with Crippen molar-refractivity contribution in [2.75, 3.05) is 0 Å². The lowest BCUT2D eigenvalue weighted by Gasteiger charge is -2.30. The van der Waals surface area contributed by atoms with Gasteiger partial charge in [-0.25, -0.2) is 0 Å². The van der Waals surface area contributed by atoms with Crippen LogP contribution in [0.1, 0.15) is 34.7 Å². The minimum Gasteiger partial charge on any atom is -0.326 e. The molecule has 1 aromatic carbocycles. The lowest BCUT2D eigenvalue weighted by Crippen LogP contribution is -2.38. The topological polar surface area (TPSA) is 52.0 Å². The molecule has 76 valence electrons. The highest BCUT2D eigenvalue weighted by Crippen LogP contribution is 2.31. The summed E-state index contributed by atoms with van der Waals surface area (Å²) in [5.41, 5.74) is 17.5. The van der Waals surface area contributed by atoms with E-state index in [0.717, 1.165) is 12.8 Å². The summed E-state index contributed by atoms with van der Waals surface area (Å²) in [6, 6.07) is 4.48. The van der Waals surface area contributed by atoms with Crippen LogP contribution in [-0.2, 0) is 6.42 Å². The van der Waals surface area contributed by atoms with Gasteiger partial charge in [0.1, 0.15) is 0 Å². The molecule has 1 aliphatic carbocycles. The van der Waals surface area contributed by atoms with Crippen molar-refractivity contribution in [3.05, 3.63) is 34.4 Å². The molecule has 0 aliphatic heterocycles. The van der Waals surface area contributed by atoms with Crippen molar-refractivity contribution in [2.24, 2.45) is 11.5 Å². The molecule has 2 atom stereocenters. The monoisotopic (exact) mass is 190 g/mol. The largest absolute Gasteiger partial charge is 0.326 e. The number of aryl methyl sites for hydroxylation is 2. The first-order valence-electron chi connectivity index (χ1n) is 5.21. The van der Waals surface area contributed by atoms with Crippen LogP contribution in [0, 0.1) is 13.8 Å². The van der Waals surface area contributed by atoms with Crippen molar-refractivity contribution in [3.8, 4) is 0 Å². The normalized spacial score (nSPS) is 26.0. The predicted octanol–water partition coefficient (Wildman–Crippen LogP) is 1.58. The summed E-state index contributed by atoms with van der Waals surface area (Å²) >= 11 is 0. The Kier molecular flexibility index (Phi) is 2.33. The minimum absolute atomic E-state index is 0.0265. The first-order valence-corrected chi connectivity index (χ1v) is 5.21. The smallest absolute Gasteiger partial charge is 0.0454 e. The van der Waals surface area contributed by atoms with Crippen LogP contribution in [0.5, 0.6) is 0 Å². The third-order valence-electron chi connectivity index (χ3n) is 3.33. The van der Waals surface area contributed by atoms with Gasteiger partial charge < -0.3 is 11.5 Å². The fourth-order valence-corrected chi connectivity index (χ4v) is 2.39. The third-order valence-corrected chi connectivity index (χ3v) is 3.33. The molecule has 0 fully saturated rings. The van der Waals surface area contributed by atoms with E-state index in [2.05, 4.69) is 26.0 Å². The van der Waals surface area contributed by atoms with E-state index in [0.29, 0.717) is 0 Å². The Morgan fingerprint density at radius 3 is 2.50 bits per heavy atom. The van der Waals surface area contributed by atoms with Gasteiger partial charge in [-0.15, -0.1) is 0 Å². The maximum absolute atomic E-state index is 6.13. The van der Waals surface area contributed by atoms with Crippen molar-refractivity contribution in [3.63, 3.8) is 0 Å². The van der Waals surface area contributed by atoms with E-state index >= 15 is 0 Å². The van der Waals surface area contributed by atoms with Crippen LogP contribution in [0.15, 0.2) is 12.1 Å². The highest BCUT2D eigenvalue weighted by molar-refractivity contribution is 5.44. The molecule has 2 rings (SSSR count). The fourth-order valence-electron chi connectivity index (χ4n) is 2.39. The number of benzene rings is 1. The lowest BCUT2D eigenvalue weighted by atomic mass is 9.80. The fraction of sp³-hybridized carbons (Fsp3) is 0.500. The van der Waals surface area contributed by atoms with Crippen molar-refractivity contribution in [1.82, 2.24) is 0 Å². The Morgan fingerprint density at radius 2 is 1.79 bits per heavy atom. The van der Waals surface area contributed by atoms with Crippen molar-refractivity contribution in [2.45, 2.75) is 38.8 Å². The third kappa shape index (κ3) is 1.35. The van der Waals surface area contributed by atoms with Crippen LogP contribution in [-0.4, -0.2) is 6.04 Å². The van der Waals surface area contributed by atoms with Crippen molar-refractivity contribution >= 4 is 0 Å². The zero-order chi connectivity index (χ0) is 10.3. The number of hydrogen-bond acceptors (Lipinski definition) is 2. The average Bonchev–Trinajstić information content (AvgIpc) is 2.16. The molecule has 0 aromatic heterocycles.